The summed E-state index contributed by atoms with van der Waals surface area (Å²) in [6.07, 6.45) is 11.1. The minimum absolute atomic E-state index is 0.0914. The van der Waals surface area contributed by atoms with Crippen molar-refractivity contribution in [1.82, 2.24) is 50.1 Å². The van der Waals surface area contributed by atoms with E-state index >= 15 is 0 Å². The lowest BCUT2D eigenvalue weighted by Crippen LogP contribution is -2.61. The van der Waals surface area contributed by atoms with Gasteiger partial charge in [-0.3, -0.25) is 24.1 Å². The molecule has 6 aliphatic heterocycles. The number of anilines is 3. The second kappa shape index (κ2) is 22.4. The number of likely N-dealkylation sites (tertiary alicyclic amines) is 2. The number of morpholine rings is 1. The summed E-state index contributed by atoms with van der Waals surface area (Å²) < 4.78 is 14.3. The van der Waals surface area contributed by atoms with Crippen molar-refractivity contribution in [3.8, 4) is 28.3 Å². The number of benzene rings is 2. The van der Waals surface area contributed by atoms with Gasteiger partial charge in [0, 0.05) is 108 Å². The first kappa shape index (κ1) is 53.5. The van der Waals surface area contributed by atoms with Crippen molar-refractivity contribution in [3.63, 3.8) is 0 Å². The van der Waals surface area contributed by atoms with Crippen LogP contribution < -0.4 is 20.9 Å². The van der Waals surface area contributed by atoms with Gasteiger partial charge in [0.2, 0.25) is 11.8 Å². The standard InChI is InChI=1S/C60H81N13O6/c1-38(2)56(59(77)73-35-46(74)27-52(73)58(76)63-39(3)41-9-11-42(12-10-41)50-15-20-62-67(50)4)54-29-55(66-79-54)69-21-16-40(17-22-69)32-68-23-18-60(19-24-68)30-45(31-60)70-25-26-78-47(36-70)37-72-43-13-14-44(72)34-71(33-43)51-28-49(64-65-57(51)61)48-7-5-6-8-53(48)75/h5-12,15,20,28-29,38-40,43-47,52,56,74-75H,13-14,16-19,21-27,30-37H2,1-4H3,(H2,61,65)(H,63,76)/t39-,43?,44?,46+,47+,52-,56+/m0/s1. The van der Waals surface area contributed by atoms with Gasteiger partial charge in [-0.25, -0.2) is 0 Å². The number of nitrogens with zero attached hydrogens (tertiary/aromatic N) is 11. The lowest BCUT2D eigenvalue weighted by atomic mass is 9.60. The molecule has 12 rings (SSSR count). The number of aliphatic hydroxyl groups is 1. The summed E-state index contributed by atoms with van der Waals surface area (Å²) in [5.41, 5.74) is 12.1. The summed E-state index contributed by atoms with van der Waals surface area (Å²) in [7, 11) is 1.91. The van der Waals surface area contributed by atoms with Crippen molar-refractivity contribution in [2.75, 3.05) is 94.1 Å². The number of aryl methyl sites for hydroxylation is 1. The molecule has 0 radical (unpaired) electrons. The maximum absolute atomic E-state index is 14.4. The monoisotopic (exact) mass is 1080 g/mol. The molecule has 5 aromatic rings. The minimum Gasteiger partial charge on any atom is -0.507 e. The van der Waals surface area contributed by atoms with Crippen molar-refractivity contribution in [2.24, 2.45) is 24.3 Å². The summed E-state index contributed by atoms with van der Waals surface area (Å²) >= 11 is 0. The molecule has 19 nitrogen and oxygen atoms in total. The molecule has 2 bridgehead atoms. The number of fused-ring (bicyclic) bond motifs is 2. The van der Waals surface area contributed by atoms with Gasteiger partial charge in [-0.2, -0.15) is 5.10 Å². The molecule has 1 spiro atoms. The number of piperazine rings is 1. The summed E-state index contributed by atoms with van der Waals surface area (Å²) in [5.74, 6) is 1.24. The lowest BCUT2D eigenvalue weighted by Gasteiger charge is -2.56. The number of carbonyl (C=O) groups is 2. The number of piperidine rings is 2. The third-order valence-corrected chi connectivity index (χ3v) is 19.3. The normalized spacial score (nSPS) is 26.0. The molecule has 2 unspecified atom stereocenters. The summed E-state index contributed by atoms with van der Waals surface area (Å²) in [5, 5.41) is 41.8. The highest BCUT2D eigenvalue weighted by Crippen LogP contribution is 2.51. The Morgan fingerprint density at radius 2 is 1.59 bits per heavy atom. The molecule has 5 N–H and O–H groups in total. The van der Waals surface area contributed by atoms with Crippen LogP contribution in [0.4, 0.5) is 17.3 Å². The van der Waals surface area contributed by atoms with Crippen LogP contribution in [0.5, 0.6) is 5.75 Å². The van der Waals surface area contributed by atoms with Gasteiger partial charge in [-0.05, 0) is 124 Å². The number of aromatic hydroxyl groups is 1. The molecule has 2 amide bonds. The Kier molecular flexibility index (Phi) is 15.2. The van der Waals surface area contributed by atoms with Crippen LogP contribution in [0.15, 0.2) is 77.4 Å². The number of ether oxygens (including phenoxy) is 1. The second-order valence-corrected chi connectivity index (χ2v) is 24.7. The van der Waals surface area contributed by atoms with Crippen molar-refractivity contribution in [3.05, 3.63) is 84.3 Å². The Hall–Kier alpha value is -6.12. The predicted molar refractivity (Wildman–Crippen MR) is 302 cm³/mol. The number of para-hydroxylation sites is 1. The number of phenols is 1. The predicted octanol–water partition coefficient (Wildman–Crippen LogP) is 5.91. The molecule has 422 valence electrons. The summed E-state index contributed by atoms with van der Waals surface area (Å²) in [4.78, 5) is 42.7. The van der Waals surface area contributed by atoms with Gasteiger partial charge in [-0.1, -0.05) is 55.4 Å². The first-order chi connectivity index (χ1) is 38.2. The van der Waals surface area contributed by atoms with Gasteiger partial charge in [0.05, 0.1) is 41.9 Å². The zero-order chi connectivity index (χ0) is 54.5. The number of amides is 2. The van der Waals surface area contributed by atoms with Crippen LogP contribution in [0.1, 0.15) is 102 Å². The van der Waals surface area contributed by atoms with Gasteiger partial charge in [-0.15, -0.1) is 10.2 Å². The molecule has 3 aromatic heterocycles. The number of nitrogen functional groups attached to an aromatic ring is 1. The Labute approximate surface area is 464 Å². The minimum atomic E-state index is -0.797. The summed E-state index contributed by atoms with van der Waals surface area (Å²) in [6.45, 7) is 16.9. The Morgan fingerprint density at radius 1 is 0.848 bits per heavy atom. The topological polar surface area (TPSA) is 211 Å². The maximum Gasteiger partial charge on any atom is 0.243 e. The van der Waals surface area contributed by atoms with Crippen LogP contribution in [0.2, 0.25) is 0 Å². The molecule has 2 aromatic carbocycles. The molecule has 1 aliphatic carbocycles. The Morgan fingerprint density at radius 3 is 2.30 bits per heavy atom. The zero-order valence-electron chi connectivity index (χ0n) is 46.6. The van der Waals surface area contributed by atoms with Crippen LogP contribution in [0.3, 0.4) is 0 Å². The van der Waals surface area contributed by atoms with Crippen LogP contribution in [0, 0.1) is 17.3 Å². The average Bonchev–Trinajstić information content (AvgIpc) is 4.28. The Bertz CT molecular complexity index is 2910. The van der Waals surface area contributed by atoms with E-state index in [1.165, 1.54) is 51.6 Å². The lowest BCUT2D eigenvalue weighted by molar-refractivity contribution is -0.141. The quantitative estimate of drug-likeness (QED) is 0.0960. The van der Waals surface area contributed by atoms with Gasteiger partial charge in [0.25, 0.3) is 0 Å². The highest BCUT2D eigenvalue weighted by atomic mass is 16.5. The van der Waals surface area contributed by atoms with Crippen molar-refractivity contribution < 1.29 is 29.1 Å². The van der Waals surface area contributed by atoms with Crippen LogP contribution in [-0.2, 0) is 21.4 Å². The van der Waals surface area contributed by atoms with Gasteiger partial charge in [0.1, 0.15) is 17.7 Å². The van der Waals surface area contributed by atoms with Gasteiger partial charge >= 0.3 is 0 Å². The number of nitrogens with two attached hydrogens (primary N) is 1. The third-order valence-electron chi connectivity index (χ3n) is 19.3. The molecule has 1 saturated carbocycles. The van der Waals surface area contributed by atoms with Crippen LogP contribution >= 0.6 is 0 Å². The van der Waals surface area contributed by atoms with Crippen LogP contribution in [-0.4, -0.2) is 182 Å². The number of aliphatic hydroxyl groups excluding tert-OH is 1. The van der Waals surface area contributed by atoms with E-state index in [1.807, 2.05) is 93.2 Å². The fourth-order valence-electron chi connectivity index (χ4n) is 14.7. The SMILES string of the molecule is CC(C)[C@@H](C(=O)N1C[C@H](O)C[C@H]1C(=O)N[C@@H](C)c1ccc(-c2ccnn2C)cc1)c1cc(N2CCC(CN3CCC4(CC3)CC(N3CCO[C@@H](CN5C6CCC5CN(c5cc(-c7ccccc7O)nnc5N)C6)C3)C4)CC2)no1. The average molecular weight is 1080 g/mol. The maximum atomic E-state index is 14.4. The van der Waals surface area contributed by atoms with E-state index in [-0.39, 0.29) is 48.6 Å². The van der Waals surface area contributed by atoms with E-state index < -0.39 is 18.1 Å². The molecule has 9 heterocycles. The number of β-amino-alcohol motifs (C(OH)–C–C–N with tert-alkyl or cyclic N) is 1. The van der Waals surface area contributed by atoms with Crippen molar-refractivity contribution in [1.29, 1.82) is 0 Å². The second-order valence-electron chi connectivity index (χ2n) is 24.7. The largest absolute Gasteiger partial charge is 0.507 e. The molecular formula is C60H81N13O6. The van der Waals surface area contributed by atoms with Crippen molar-refractivity contribution in [2.45, 2.75) is 127 Å². The molecular weight excluding hydrogens is 999 g/mol. The first-order valence-corrected chi connectivity index (χ1v) is 29.3. The molecule has 7 aliphatic rings. The van der Waals surface area contributed by atoms with E-state index in [2.05, 4.69) is 50.3 Å². The molecule has 7 fully saturated rings. The van der Waals surface area contributed by atoms with E-state index in [0.717, 1.165) is 100 Å². The molecule has 7 atom stereocenters. The number of nitrogens with one attached hydrogen (secondary N) is 1. The molecule has 6 saturated heterocycles. The van der Waals surface area contributed by atoms with Gasteiger partial charge in [0.15, 0.2) is 17.4 Å². The molecule has 79 heavy (non-hydrogen) atoms. The van der Waals surface area contributed by atoms with E-state index in [9.17, 15) is 19.8 Å². The number of hydrogen-bond donors (Lipinski definition) is 4. The number of rotatable bonds is 15. The number of aromatic nitrogens is 5. The molecule has 19 heteroatoms. The van der Waals surface area contributed by atoms with Crippen molar-refractivity contribution >= 4 is 29.1 Å². The van der Waals surface area contributed by atoms with Crippen LogP contribution in [0.25, 0.3) is 22.5 Å². The summed E-state index contributed by atoms with van der Waals surface area (Å²) in [6, 6.07) is 21.6. The Balaban J connectivity index is 0.576. The number of phenolic OH excluding ortho intramolecular Hbond substituents is 1. The fourth-order valence-corrected chi connectivity index (χ4v) is 14.7. The van der Waals surface area contributed by atoms with Gasteiger partial charge < -0.3 is 50.1 Å². The van der Waals surface area contributed by atoms with E-state index in [4.69, 9.17) is 15.0 Å². The van der Waals surface area contributed by atoms with E-state index in [0.29, 0.717) is 52.3 Å². The van der Waals surface area contributed by atoms with E-state index in [1.54, 1.807) is 17.2 Å². The highest BCUT2D eigenvalue weighted by molar-refractivity contribution is 5.91. The smallest absolute Gasteiger partial charge is 0.243 e. The fraction of sp³-hybridized carbons (Fsp3) is 0.600. The number of hydrogen-bond acceptors (Lipinski definition) is 16. The third kappa shape index (κ3) is 11.1. The first-order valence-electron chi connectivity index (χ1n) is 29.3. The zero-order valence-corrected chi connectivity index (χ0v) is 46.6. The highest BCUT2D eigenvalue weighted by Gasteiger charge is 2.50. The number of carbonyl (C=O) groups excluding carboxylic acids is 2.